The molecule has 1 aliphatic carbocycles. The van der Waals surface area contributed by atoms with Crippen molar-refractivity contribution < 1.29 is 13.2 Å². The van der Waals surface area contributed by atoms with E-state index in [0.29, 0.717) is 17.8 Å². The number of rotatable bonds is 7. The minimum absolute atomic E-state index is 0.0535. The van der Waals surface area contributed by atoms with Crippen molar-refractivity contribution in [3.05, 3.63) is 89.7 Å². The van der Waals surface area contributed by atoms with Crippen molar-refractivity contribution in [2.75, 3.05) is 11.3 Å². The lowest BCUT2D eigenvalue weighted by atomic mass is 9.87. The van der Waals surface area contributed by atoms with Crippen molar-refractivity contribution >= 4 is 21.6 Å². The van der Waals surface area contributed by atoms with Gasteiger partial charge in [-0.3, -0.25) is 14.5 Å². The molecule has 0 fully saturated rings. The Bertz CT molecular complexity index is 1180. The number of nitrogens with one attached hydrogen (secondary N) is 1. The fourth-order valence-electron chi connectivity index (χ4n) is 4.21. The first-order chi connectivity index (χ1) is 15.5. The average molecular weight is 450 g/mol. The molecule has 6 nitrogen and oxygen atoms in total. The van der Waals surface area contributed by atoms with Crippen molar-refractivity contribution in [1.29, 1.82) is 0 Å². The topological polar surface area (TPSA) is 79.4 Å². The molecule has 0 bridgehead atoms. The number of hydrogen-bond donors (Lipinski definition) is 1. The minimum atomic E-state index is -3.74. The molecule has 0 spiro atoms. The Morgan fingerprint density at radius 1 is 1.03 bits per heavy atom. The van der Waals surface area contributed by atoms with Gasteiger partial charge >= 0.3 is 0 Å². The normalized spacial score (nSPS) is 15.6. The number of amides is 1. The van der Waals surface area contributed by atoms with Crippen LogP contribution in [0.25, 0.3) is 0 Å². The standard InChI is InChI=1S/C25H27N3O3S/c1-2-17-28(23-10-7-19-5-3-4-6-21(19)18-23)25(29)20-8-11-24(12-9-20)32(30,31)27-22-13-15-26-16-14-22/h3-6,8-9,11-16,23H,2,7,10,17-18H2,1H3,(H,26,27). The maximum absolute atomic E-state index is 13.4. The van der Waals surface area contributed by atoms with Crippen molar-refractivity contribution in [2.45, 2.75) is 43.5 Å². The first-order valence-corrected chi connectivity index (χ1v) is 12.4. The lowest BCUT2D eigenvalue weighted by Gasteiger charge is -2.35. The van der Waals surface area contributed by atoms with Gasteiger partial charge in [0.05, 0.1) is 10.6 Å². The Morgan fingerprint density at radius 2 is 1.72 bits per heavy atom. The van der Waals surface area contributed by atoms with Crippen molar-refractivity contribution in [3.8, 4) is 0 Å². The summed E-state index contributed by atoms with van der Waals surface area (Å²) in [6.45, 7) is 2.74. The predicted molar refractivity (Wildman–Crippen MR) is 125 cm³/mol. The Labute approximate surface area is 189 Å². The molecule has 0 saturated carbocycles. The van der Waals surface area contributed by atoms with Crippen LogP contribution in [0, 0.1) is 0 Å². The van der Waals surface area contributed by atoms with Crippen LogP contribution in [0.2, 0.25) is 0 Å². The van der Waals surface area contributed by atoms with Crippen LogP contribution in [0.4, 0.5) is 5.69 Å². The van der Waals surface area contributed by atoms with Crippen LogP contribution in [-0.4, -0.2) is 36.8 Å². The highest BCUT2D eigenvalue weighted by Gasteiger charge is 2.28. The van der Waals surface area contributed by atoms with E-state index >= 15 is 0 Å². The summed E-state index contributed by atoms with van der Waals surface area (Å²) in [5.74, 6) is -0.0535. The highest BCUT2D eigenvalue weighted by Crippen LogP contribution is 2.26. The van der Waals surface area contributed by atoms with Gasteiger partial charge in [-0.1, -0.05) is 31.2 Å². The summed E-state index contributed by atoms with van der Waals surface area (Å²) in [5, 5.41) is 0. The van der Waals surface area contributed by atoms with Gasteiger partial charge in [-0.25, -0.2) is 8.42 Å². The van der Waals surface area contributed by atoms with E-state index in [9.17, 15) is 13.2 Å². The van der Waals surface area contributed by atoms with Gasteiger partial charge in [0.1, 0.15) is 0 Å². The summed E-state index contributed by atoms with van der Waals surface area (Å²) in [7, 11) is -3.74. The molecule has 3 aromatic rings. The Balaban J connectivity index is 1.51. The zero-order chi connectivity index (χ0) is 22.6. The number of aromatic nitrogens is 1. The third-order valence-electron chi connectivity index (χ3n) is 5.83. The maximum atomic E-state index is 13.4. The van der Waals surface area contributed by atoms with Gasteiger partial charge in [0, 0.05) is 30.5 Å². The van der Waals surface area contributed by atoms with Gasteiger partial charge in [0.25, 0.3) is 15.9 Å². The summed E-state index contributed by atoms with van der Waals surface area (Å²) in [4.78, 5) is 19.3. The maximum Gasteiger partial charge on any atom is 0.261 e. The number of hydrogen-bond acceptors (Lipinski definition) is 4. The number of carbonyl (C=O) groups excluding carboxylic acids is 1. The monoisotopic (exact) mass is 449 g/mol. The number of anilines is 1. The molecule has 32 heavy (non-hydrogen) atoms. The Kier molecular flexibility index (Phi) is 6.55. The van der Waals surface area contributed by atoms with Gasteiger partial charge in [-0.05, 0) is 73.2 Å². The SMILES string of the molecule is CCCN(C(=O)c1ccc(S(=O)(=O)Nc2ccncc2)cc1)C1CCc2ccccc2C1. The van der Waals surface area contributed by atoms with E-state index in [1.807, 2.05) is 11.0 Å². The first-order valence-electron chi connectivity index (χ1n) is 10.9. The van der Waals surface area contributed by atoms with Crippen LogP contribution in [-0.2, 0) is 22.9 Å². The number of benzene rings is 2. The number of nitrogens with zero attached hydrogens (tertiary/aromatic N) is 2. The molecule has 1 unspecified atom stereocenters. The molecule has 1 aliphatic rings. The highest BCUT2D eigenvalue weighted by atomic mass is 32.2. The Morgan fingerprint density at radius 3 is 2.41 bits per heavy atom. The molecule has 1 atom stereocenters. The predicted octanol–water partition coefficient (Wildman–Crippen LogP) is 4.29. The third-order valence-corrected chi connectivity index (χ3v) is 7.23. The molecule has 2 aromatic carbocycles. The van der Waals surface area contributed by atoms with Crippen molar-refractivity contribution in [3.63, 3.8) is 0 Å². The average Bonchev–Trinajstić information content (AvgIpc) is 2.82. The summed E-state index contributed by atoms with van der Waals surface area (Å²) >= 11 is 0. The van der Waals surface area contributed by atoms with Gasteiger partial charge in [-0.15, -0.1) is 0 Å². The molecular formula is C25H27N3O3S. The van der Waals surface area contributed by atoms with E-state index in [1.165, 1.54) is 35.7 Å². The fourth-order valence-corrected chi connectivity index (χ4v) is 5.27. The summed E-state index contributed by atoms with van der Waals surface area (Å²) in [5.41, 5.74) is 3.61. The number of carbonyl (C=O) groups is 1. The summed E-state index contributed by atoms with van der Waals surface area (Å²) < 4.78 is 27.8. The molecule has 0 saturated heterocycles. The number of fused-ring (bicyclic) bond motifs is 1. The van der Waals surface area contributed by atoms with Crippen LogP contribution >= 0.6 is 0 Å². The van der Waals surface area contributed by atoms with E-state index in [2.05, 4.69) is 34.8 Å². The molecule has 4 rings (SSSR count). The number of pyridine rings is 1. The van der Waals surface area contributed by atoms with Gasteiger partial charge in [0.15, 0.2) is 0 Å². The lowest BCUT2D eigenvalue weighted by Crippen LogP contribution is -2.43. The van der Waals surface area contributed by atoms with Crippen molar-refractivity contribution in [1.82, 2.24) is 9.88 Å². The quantitative estimate of drug-likeness (QED) is 0.584. The van der Waals surface area contributed by atoms with Crippen LogP contribution in [0.5, 0.6) is 0 Å². The zero-order valence-electron chi connectivity index (χ0n) is 18.1. The van der Waals surface area contributed by atoms with Crippen LogP contribution < -0.4 is 4.72 Å². The molecule has 1 aromatic heterocycles. The van der Waals surface area contributed by atoms with Gasteiger partial charge in [-0.2, -0.15) is 0 Å². The number of sulfonamides is 1. The molecule has 0 aliphatic heterocycles. The Hall–Kier alpha value is -3.19. The zero-order valence-corrected chi connectivity index (χ0v) is 18.9. The fraction of sp³-hybridized carbons (Fsp3) is 0.280. The van der Waals surface area contributed by atoms with Crippen molar-refractivity contribution in [2.24, 2.45) is 0 Å². The summed E-state index contributed by atoms with van der Waals surface area (Å²) in [6.07, 6.45) is 6.66. The first kappa shape index (κ1) is 22.0. The van der Waals surface area contributed by atoms with E-state index in [1.54, 1.807) is 24.3 Å². The minimum Gasteiger partial charge on any atom is -0.335 e. The van der Waals surface area contributed by atoms with E-state index in [-0.39, 0.29) is 16.8 Å². The highest BCUT2D eigenvalue weighted by molar-refractivity contribution is 7.92. The second kappa shape index (κ2) is 9.53. The molecule has 1 heterocycles. The van der Waals surface area contributed by atoms with Crippen LogP contribution in [0.15, 0.2) is 78.0 Å². The van der Waals surface area contributed by atoms with Gasteiger partial charge < -0.3 is 4.90 Å². The molecule has 7 heteroatoms. The lowest BCUT2D eigenvalue weighted by molar-refractivity contribution is 0.0661. The summed E-state index contributed by atoms with van der Waals surface area (Å²) in [6, 6.07) is 17.9. The molecular weight excluding hydrogens is 422 g/mol. The molecule has 1 N–H and O–H groups in total. The van der Waals surface area contributed by atoms with Crippen LogP contribution in [0.3, 0.4) is 0 Å². The second-order valence-electron chi connectivity index (χ2n) is 8.03. The third kappa shape index (κ3) is 4.83. The second-order valence-corrected chi connectivity index (χ2v) is 9.71. The van der Waals surface area contributed by atoms with E-state index in [0.717, 1.165) is 25.7 Å². The van der Waals surface area contributed by atoms with Crippen LogP contribution in [0.1, 0.15) is 41.3 Å². The molecule has 166 valence electrons. The smallest absolute Gasteiger partial charge is 0.261 e. The van der Waals surface area contributed by atoms with Gasteiger partial charge in [0.2, 0.25) is 0 Å². The molecule has 1 amide bonds. The van der Waals surface area contributed by atoms with E-state index in [4.69, 9.17) is 0 Å². The van der Waals surface area contributed by atoms with E-state index < -0.39 is 10.0 Å². The molecule has 0 radical (unpaired) electrons. The number of aryl methyl sites for hydroxylation is 1. The largest absolute Gasteiger partial charge is 0.335 e.